The molecule has 2 aromatic rings. The quantitative estimate of drug-likeness (QED) is 0.639. The molecule has 2 amide bonds. The van der Waals surface area contributed by atoms with Gasteiger partial charge in [-0.1, -0.05) is 30.7 Å². The number of carbonyl (C=O) groups is 2. The predicted octanol–water partition coefficient (Wildman–Crippen LogP) is 4.40. The smallest absolute Gasteiger partial charge is 0.324 e. The summed E-state index contributed by atoms with van der Waals surface area (Å²) in [5.74, 6) is -2.01. The fourth-order valence-electron chi connectivity index (χ4n) is 2.50. The monoisotopic (exact) mass is 431 g/mol. The maximum absolute atomic E-state index is 13.7. The van der Waals surface area contributed by atoms with Crippen LogP contribution in [-0.2, 0) is 15.8 Å². The average Bonchev–Trinajstić information content (AvgIpc) is 2.63. The largest absolute Gasteiger partial charge is 0.418 e. The van der Waals surface area contributed by atoms with Crippen molar-refractivity contribution in [3.63, 3.8) is 0 Å². The van der Waals surface area contributed by atoms with Crippen LogP contribution in [0.15, 0.2) is 42.5 Å². The molecule has 0 aliphatic rings. The van der Waals surface area contributed by atoms with Crippen LogP contribution in [-0.4, -0.2) is 36.3 Å². The Labute approximate surface area is 169 Å². The summed E-state index contributed by atoms with van der Waals surface area (Å²) in [5, 5.41) is 4.75. The number of halogens is 5. The van der Waals surface area contributed by atoms with Gasteiger partial charge < -0.3 is 10.6 Å². The van der Waals surface area contributed by atoms with Gasteiger partial charge in [-0.25, -0.2) is 4.39 Å². The van der Waals surface area contributed by atoms with E-state index in [1.54, 1.807) is 6.92 Å². The highest BCUT2D eigenvalue weighted by atomic mass is 35.5. The predicted molar refractivity (Wildman–Crippen MR) is 102 cm³/mol. The molecule has 0 aliphatic heterocycles. The van der Waals surface area contributed by atoms with Gasteiger partial charge in [0.2, 0.25) is 11.8 Å². The summed E-state index contributed by atoms with van der Waals surface area (Å²) in [6.45, 7) is 1.37. The van der Waals surface area contributed by atoms with Gasteiger partial charge in [0, 0.05) is 5.02 Å². The van der Waals surface area contributed by atoms with Crippen molar-refractivity contribution >= 4 is 34.8 Å². The molecule has 29 heavy (non-hydrogen) atoms. The van der Waals surface area contributed by atoms with E-state index >= 15 is 0 Å². The zero-order chi connectivity index (χ0) is 21.6. The highest BCUT2D eigenvalue weighted by molar-refractivity contribution is 6.30. The lowest BCUT2D eigenvalue weighted by molar-refractivity contribution is -0.137. The van der Waals surface area contributed by atoms with Gasteiger partial charge in [0.15, 0.2) is 0 Å². The van der Waals surface area contributed by atoms with Crippen LogP contribution in [0.4, 0.5) is 28.9 Å². The van der Waals surface area contributed by atoms with Crippen LogP contribution < -0.4 is 10.6 Å². The maximum atomic E-state index is 13.7. The highest BCUT2D eigenvalue weighted by Crippen LogP contribution is 2.34. The summed E-state index contributed by atoms with van der Waals surface area (Å²) in [6, 6.07) is 8.35. The number of hydrogen-bond acceptors (Lipinski definition) is 3. The van der Waals surface area contributed by atoms with Gasteiger partial charge in [-0.15, -0.1) is 0 Å². The van der Waals surface area contributed by atoms with Crippen LogP contribution in [0.25, 0.3) is 0 Å². The van der Waals surface area contributed by atoms with E-state index in [-0.39, 0.29) is 36.0 Å². The molecule has 0 saturated heterocycles. The standard InChI is InChI=1S/C19H18ClF4N3O2/c1-2-27(11-18(29)26-16-8-7-12(20)9-14(16)21)10-17(28)25-15-6-4-3-5-13(15)19(22,23)24/h3-9H,2,10-11H2,1H3,(H,25,28)(H,26,29). The molecule has 2 N–H and O–H groups in total. The van der Waals surface area contributed by atoms with Crippen LogP contribution in [0, 0.1) is 5.82 Å². The number of nitrogens with one attached hydrogen (secondary N) is 2. The topological polar surface area (TPSA) is 61.4 Å². The second kappa shape index (κ2) is 9.71. The number of anilines is 2. The first kappa shape index (κ1) is 22.6. The Bertz CT molecular complexity index is 890. The summed E-state index contributed by atoms with van der Waals surface area (Å²) in [6.07, 6.45) is -4.61. The first-order chi connectivity index (χ1) is 13.6. The molecular weight excluding hydrogens is 414 g/mol. The van der Waals surface area contributed by atoms with E-state index in [4.69, 9.17) is 11.6 Å². The molecule has 156 valence electrons. The van der Waals surface area contributed by atoms with Crippen LogP contribution in [0.3, 0.4) is 0 Å². The number of carbonyl (C=O) groups excluding carboxylic acids is 2. The summed E-state index contributed by atoms with van der Waals surface area (Å²) < 4.78 is 52.8. The second-order valence-electron chi connectivity index (χ2n) is 6.07. The van der Waals surface area contributed by atoms with E-state index in [2.05, 4.69) is 10.6 Å². The van der Waals surface area contributed by atoms with Gasteiger partial charge in [0.25, 0.3) is 0 Å². The normalized spacial score (nSPS) is 11.4. The number of rotatable bonds is 7. The van der Waals surface area contributed by atoms with Crippen molar-refractivity contribution in [2.24, 2.45) is 0 Å². The molecule has 0 spiro atoms. The lowest BCUT2D eigenvalue weighted by Crippen LogP contribution is -2.39. The molecule has 0 fully saturated rings. The fourth-order valence-corrected chi connectivity index (χ4v) is 2.65. The van der Waals surface area contributed by atoms with Crippen molar-refractivity contribution in [1.82, 2.24) is 4.90 Å². The van der Waals surface area contributed by atoms with Gasteiger partial charge in [-0.05, 0) is 36.9 Å². The molecule has 0 atom stereocenters. The van der Waals surface area contributed by atoms with Crippen molar-refractivity contribution in [2.75, 3.05) is 30.3 Å². The van der Waals surface area contributed by atoms with Gasteiger partial charge in [0.05, 0.1) is 30.0 Å². The number of benzene rings is 2. The highest BCUT2D eigenvalue weighted by Gasteiger charge is 2.33. The van der Waals surface area contributed by atoms with Gasteiger partial charge in [-0.2, -0.15) is 13.2 Å². The zero-order valence-electron chi connectivity index (χ0n) is 15.3. The van der Waals surface area contributed by atoms with Crippen molar-refractivity contribution in [2.45, 2.75) is 13.1 Å². The van der Waals surface area contributed by atoms with Crippen molar-refractivity contribution < 1.29 is 27.2 Å². The van der Waals surface area contributed by atoms with E-state index < -0.39 is 29.4 Å². The minimum absolute atomic E-state index is 0.0704. The third kappa shape index (κ3) is 6.72. The Balaban J connectivity index is 1.97. The summed E-state index contributed by atoms with van der Waals surface area (Å²) >= 11 is 5.65. The van der Waals surface area contributed by atoms with Gasteiger partial charge in [0.1, 0.15) is 5.82 Å². The number of likely N-dealkylation sites (N-methyl/N-ethyl adjacent to an activating group) is 1. The third-order valence-electron chi connectivity index (χ3n) is 3.89. The first-order valence-corrected chi connectivity index (χ1v) is 8.91. The lowest BCUT2D eigenvalue weighted by atomic mass is 10.1. The molecule has 2 aromatic carbocycles. The van der Waals surface area contributed by atoms with Crippen LogP contribution in [0.5, 0.6) is 0 Å². The molecule has 10 heteroatoms. The number of alkyl halides is 3. The molecule has 5 nitrogen and oxygen atoms in total. The minimum Gasteiger partial charge on any atom is -0.324 e. The molecule has 0 bridgehead atoms. The Morgan fingerprint density at radius 3 is 2.14 bits per heavy atom. The fraction of sp³-hybridized carbons (Fsp3) is 0.263. The molecule has 0 saturated carbocycles. The van der Waals surface area contributed by atoms with E-state index in [0.717, 1.165) is 18.2 Å². The average molecular weight is 432 g/mol. The second-order valence-corrected chi connectivity index (χ2v) is 6.50. The van der Waals surface area contributed by atoms with Crippen molar-refractivity contribution in [3.8, 4) is 0 Å². The number of amides is 2. The van der Waals surface area contributed by atoms with E-state index in [0.29, 0.717) is 0 Å². The number of hydrogen-bond donors (Lipinski definition) is 2. The van der Waals surface area contributed by atoms with Gasteiger partial charge >= 0.3 is 6.18 Å². The Morgan fingerprint density at radius 1 is 1.00 bits per heavy atom. The molecule has 0 heterocycles. The lowest BCUT2D eigenvalue weighted by Gasteiger charge is -2.20. The van der Waals surface area contributed by atoms with Gasteiger partial charge in [-0.3, -0.25) is 14.5 Å². The molecular formula is C19H18ClF4N3O2. The minimum atomic E-state index is -4.61. The summed E-state index contributed by atoms with van der Waals surface area (Å²) in [7, 11) is 0. The van der Waals surface area contributed by atoms with Crippen LogP contribution in [0.2, 0.25) is 5.02 Å². The number of para-hydroxylation sites is 1. The van der Waals surface area contributed by atoms with Crippen LogP contribution >= 0.6 is 11.6 Å². The molecule has 0 aliphatic carbocycles. The van der Waals surface area contributed by atoms with Crippen molar-refractivity contribution in [3.05, 3.63) is 58.9 Å². The zero-order valence-corrected chi connectivity index (χ0v) is 16.1. The first-order valence-electron chi connectivity index (χ1n) is 8.53. The van der Waals surface area contributed by atoms with Crippen molar-refractivity contribution in [1.29, 1.82) is 0 Å². The van der Waals surface area contributed by atoms with Crippen LogP contribution in [0.1, 0.15) is 12.5 Å². The van der Waals surface area contributed by atoms with E-state index in [1.165, 1.54) is 29.2 Å². The molecule has 2 rings (SSSR count). The Kier molecular flexibility index (Phi) is 7.58. The third-order valence-corrected chi connectivity index (χ3v) is 4.13. The molecule has 0 unspecified atom stereocenters. The Morgan fingerprint density at radius 2 is 1.59 bits per heavy atom. The SMILES string of the molecule is CCN(CC(=O)Nc1ccc(Cl)cc1F)CC(=O)Nc1ccccc1C(F)(F)F. The van der Waals surface area contributed by atoms with E-state index in [1.807, 2.05) is 0 Å². The number of nitrogens with zero attached hydrogens (tertiary/aromatic N) is 1. The molecule has 0 radical (unpaired) electrons. The summed E-state index contributed by atoms with van der Waals surface area (Å²) in [5.41, 5.74) is -1.40. The summed E-state index contributed by atoms with van der Waals surface area (Å²) in [4.78, 5) is 25.7. The van der Waals surface area contributed by atoms with E-state index in [9.17, 15) is 27.2 Å². The maximum Gasteiger partial charge on any atom is 0.418 e. The molecule has 0 aromatic heterocycles. The Hall–Kier alpha value is -2.65.